The lowest BCUT2D eigenvalue weighted by atomic mass is 9.95. The van der Waals surface area contributed by atoms with E-state index in [-0.39, 0.29) is 0 Å². The summed E-state index contributed by atoms with van der Waals surface area (Å²) < 4.78 is 9.03. The van der Waals surface area contributed by atoms with E-state index in [0.29, 0.717) is 0 Å². The summed E-state index contributed by atoms with van der Waals surface area (Å²) in [5.41, 5.74) is 10.4. The molecule has 0 bridgehead atoms. The van der Waals surface area contributed by atoms with Crippen molar-refractivity contribution in [2.24, 2.45) is 0 Å². The van der Waals surface area contributed by atoms with Crippen LogP contribution >= 0.6 is 11.8 Å². The van der Waals surface area contributed by atoms with Gasteiger partial charge in [0.2, 0.25) is 0 Å². The molecule has 3 heteroatoms. The zero-order valence-electron chi connectivity index (χ0n) is 24.0. The minimum Gasteiger partial charge on any atom is -0.455 e. The predicted octanol–water partition coefficient (Wildman–Crippen LogP) is 11.6. The molecule has 1 aliphatic heterocycles. The van der Waals surface area contributed by atoms with Crippen molar-refractivity contribution in [3.05, 3.63) is 157 Å². The van der Waals surface area contributed by atoms with Gasteiger partial charge in [0.1, 0.15) is 11.2 Å². The first-order valence-electron chi connectivity index (χ1n) is 14.9. The van der Waals surface area contributed by atoms with Gasteiger partial charge in [-0.1, -0.05) is 110 Å². The Morgan fingerprint density at radius 3 is 2.50 bits per heavy atom. The third kappa shape index (κ3) is 3.69. The highest BCUT2D eigenvalue weighted by Gasteiger charge is 2.22. The van der Waals surface area contributed by atoms with Crippen LogP contribution in [0.25, 0.3) is 71.4 Å². The van der Waals surface area contributed by atoms with Gasteiger partial charge >= 0.3 is 0 Å². The highest BCUT2D eigenvalue weighted by molar-refractivity contribution is 8.00. The standard InChI is InChI=1S/C41H27NOS/c1-2-3-14-29(35-25-44-38-19-9-7-17-32(35)38)27-12-10-13-28(24-27)42-36-23-22-33-31-16-6-8-18-37(31)43-41(33)39(36)34-21-20-26-11-4-5-15-30(26)40(34)42/h2-24H,1,25H2/b14-3-,35-29-. The number of fused-ring (bicyclic) bond motifs is 10. The van der Waals surface area contributed by atoms with Crippen LogP contribution < -0.4 is 0 Å². The molecule has 1 aliphatic rings. The van der Waals surface area contributed by atoms with Gasteiger partial charge in [-0.3, -0.25) is 0 Å². The van der Waals surface area contributed by atoms with Crippen molar-refractivity contribution in [3.8, 4) is 5.69 Å². The molecule has 0 amide bonds. The summed E-state index contributed by atoms with van der Waals surface area (Å²) in [5.74, 6) is 0.949. The molecule has 0 unspecified atom stereocenters. The third-order valence-electron chi connectivity index (χ3n) is 8.88. The van der Waals surface area contributed by atoms with Crippen molar-refractivity contribution in [1.82, 2.24) is 4.57 Å². The fourth-order valence-electron chi connectivity index (χ4n) is 6.95. The van der Waals surface area contributed by atoms with E-state index < -0.39 is 0 Å². The molecule has 8 aromatic rings. The number of thioether (sulfide) groups is 1. The lowest BCUT2D eigenvalue weighted by Crippen LogP contribution is -1.97. The number of aromatic nitrogens is 1. The molecule has 44 heavy (non-hydrogen) atoms. The smallest absolute Gasteiger partial charge is 0.145 e. The number of allylic oxidation sites excluding steroid dienone is 4. The molecular weight excluding hydrogens is 555 g/mol. The minimum atomic E-state index is 0.915. The maximum absolute atomic E-state index is 6.60. The summed E-state index contributed by atoms with van der Waals surface area (Å²) in [4.78, 5) is 1.34. The molecule has 9 rings (SSSR count). The maximum atomic E-state index is 6.60. The van der Waals surface area contributed by atoms with E-state index in [1.165, 1.54) is 48.8 Å². The van der Waals surface area contributed by atoms with E-state index in [9.17, 15) is 0 Å². The van der Waals surface area contributed by atoms with Crippen LogP contribution in [-0.4, -0.2) is 10.3 Å². The fraction of sp³-hybridized carbons (Fsp3) is 0.0244. The number of rotatable bonds is 4. The van der Waals surface area contributed by atoms with Crippen LogP contribution in [0.2, 0.25) is 0 Å². The van der Waals surface area contributed by atoms with E-state index in [1.807, 2.05) is 30.0 Å². The molecule has 0 spiro atoms. The lowest BCUT2D eigenvalue weighted by Gasteiger charge is -2.14. The minimum absolute atomic E-state index is 0.915. The number of hydrogen-bond acceptors (Lipinski definition) is 2. The second-order valence-electron chi connectivity index (χ2n) is 11.3. The van der Waals surface area contributed by atoms with Crippen LogP contribution in [0.1, 0.15) is 11.1 Å². The molecule has 208 valence electrons. The molecule has 0 N–H and O–H groups in total. The van der Waals surface area contributed by atoms with Crippen molar-refractivity contribution in [2.45, 2.75) is 4.90 Å². The van der Waals surface area contributed by atoms with Gasteiger partial charge in [-0.2, -0.15) is 0 Å². The quantitative estimate of drug-likeness (QED) is 0.192. The van der Waals surface area contributed by atoms with Crippen molar-refractivity contribution >= 4 is 77.4 Å². The molecule has 0 radical (unpaired) electrons. The Labute approximate surface area is 259 Å². The number of nitrogens with zero attached hydrogens (tertiary/aromatic N) is 1. The summed E-state index contributed by atoms with van der Waals surface area (Å²) in [6, 6.07) is 43.7. The highest BCUT2D eigenvalue weighted by atomic mass is 32.2. The van der Waals surface area contributed by atoms with Crippen LogP contribution in [0.3, 0.4) is 0 Å². The Kier molecular flexibility index (Phi) is 5.69. The molecule has 6 aromatic carbocycles. The van der Waals surface area contributed by atoms with Crippen molar-refractivity contribution in [1.29, 1.82) is 0 Å². The zero-order valence-corrected chi connectivity index (χ0v) is 24.8. The van der Waals surface area contributed by atoms with Crippen molar-refractivity contribution in [3.63, 3.8) is 0 Å². The van der Waals surface area contributed by atoms with Crippen molar-refractivity contribution < 1.29 is 4.42 Å². The Hall–Kier alpha value is -5.25. The second-order valence-corrected chi connectivity index (χ2v) is 12.3. The predicted molar refractivity (Wildman–Crippen MR) is 189 cm³/mol. The Bertz CT molecular complexity index is 2520. The molecule has 0 saturated heterocycles. The summed E-state index contributed by atoms with van der Waals surface area (Å²) in [6.45, 7) is 3.97. The van der Waals surface area contributed by atoms with Gasteiger partial charge in [0, 0.05) is 37.9 Å². The van der Waals surface area contributed by atoms with E-state index >= 15 is 0 Å². The van der Waals surface area contributed by atoms with E-state index in [0.717, 1.165) is 44.3 Å². The molecular formula is C41H27NOS. The van der Waals surface area contributed by atoms with Crippen molar-refractivity contribution in [2.75, 3.05) is 5.75 Å². The summed E-state index contributed by atoms with van der Waals surface area (Å²) in [5, 5.41) is 7.08. The van der Waals surface area contributed by atoms with Gasteiger partial charge in [-0.05, 0) is 64.1 Å². The second kappa shape index (κ2) is 9.90. The van der Waals surface area contributed by atoms with Crippen LogP contribution in [0.5, 0.6) is 0 Å². The average molecular weight is 582 g/mol. The molecule has 2 aromatic heterocycles. The van der Waals surface area contributed by atoms with Crippen LogP contribution in [0.4, 0.5) is 0 Å². The number of benzene rings is 6. The number of para-hydroxylation sites is 1. The van der Waals surface area contributed by atoms with E-state index in [1.54, 1.807) is 0 Å². The Morgan fingerprint density at radius 1 is 0.750 bits per heavy atom. The SMILES string of the molecule is C=C/C=C\C(=C1/CSc2ccccc21)c1cccc(-n2c3ccc4c5ccccc5oc4c3c3ccc4ccccc4c32)c1. The van der Waals surface area contributed by atoms with Gasteiger partial charge in [0.05, 0.1) is 16.4 Å². The molecule has 0 atom stereocenters. The topological polar surface area (TPSA) is 18.1 Å². The summed E-state index contributed by atoms with van der Waals surface area (Å²) in [7, 11) is 0. The third-order valence-corrected chi connectivity index (χ3v) is 9.98. The van der Waals surface area contributed by atoms with Gasteiger partial charge in [-0.25, -0.2) is 0 Å². The largest absolute Gasteiger partial charge is 0.455 e. The van der Waals surface area contributed by atoms with Gasteiger partial charge < -0.3 is 8.98 Å². The first-order chi connectivity index (χ1) is 21.8. The fourth-order valence-corrected chi connectivity index (χ4v) is 8.08. The molecule has 3 heterocycles. The zero-order chi connectivity index (χ0) is 29.2. The van der Waals surface area contributed by atoms with Gasteiger partial charge in [0.25, 0.3) is 0 Å². The highest BCUT2D eigenvalue weighted by Crippen LogP contribution is 2.45. The Morgan fingerprint density at radius 2 is 1.57 bits per heavy atom. The maximum Gasteiger partial charge on any atom is 0.145 e. The van der Waals surface area contributed by atoms with E-state index in [4.69, 9.17) is 4.42 Å². The van der Waals surface area contributed by atoms with Gasteiger partial charge in [0.15, 0.2) is 0 Å². The Balaban J connectivity index is 1.37. The summed E-state index contributed by atoms with van der Waals surface area (Å²) >= 11 is 1.91. The molecule has 0 fully saturated rings. The summed E-state index contributed by atoms with van der Waals surface area (Å²) in [6.07, 6.45) is 6.12. The number of furan rings is 1. The molecule has 0 saturated carbocycles. The van der Waals surface area contributed by atoms with Crippen LogP contribution in [0, 0.1) is 0 Å². The van der Waals surface area contributed by atoms with Crippen LogP contribution in [0.15, 0.2) is 155 Å². The first-order valence-corrected chi connectivity index (χ1v) is 15.9. The number of hydrogen-bond donors (Lipinski definition) is 0. The lowest BCUT2D eigenvalue weighted by molar-refractivity contribution is 0.673. The van der Waals surface area contributed by atoms with Crippen LogP contribution in [-0.2, 0) is 0 Å². The average Bonchev–Trinajstić information content (AvgIpc) is 3.77. The molecule has 0 aliphatic carbocycles. The molecule has 2 nitrogen and oxygen atoms in total. The van der Waals surface area contributed by atoms with Gasteiger partial charge in [-0.15, -0.1) is 11.8 Å². The van der Waals surface area contributed by atoms with E-state index in [2.05, 4.69) is 132 Å². The monoisotopic (exact) mass is 581 g/mol. The first kappa shape index (κ1) is 25.3. The normalized spacial score (nSPS) is 14.5.